The molecule has 0 aliphatic carbocycles. The number of nitrogens with one attached hydrogen (secondary N) is 1. The molecule has 94 valence electrons. The maximum atomic E-state index is 12.1. The summed E-state index contributed by atoms with van der Waals surface area (Å²) >= 11 is 0. The van der Waals surface area contributed by atoms with Crippen molar-refractivity contribution in [2.45, 2.75) is 26.3 Å². The fraction of sp³-hybridized carbons (Fsp3) is 0.667. The second kappa shape index (κ2) is 5.31. The molecule has 1 fully saturated rings. The molecule has 0 spiro atoms. The van der Waals surface area contributed by atoms with Gasteiger partial charge in [-0.05, 0) is 25.8 Å². The molecular weight excluding hydrogens is 218 g/mol. The van der Waals surface area contributed by atoms with Crippen LogP contribution in [0.15, 0.2) is 10.7 Å². The van der Waals surface area contributed by atoms with Gasteiger partial charge in [0.2, 0.25) is 5.89 Å². The Morgan fingerprint density at radius 3 is 3.24 bits per heavy atom. The summed E-state index contributed by atoms with van der Waals surface area (Å²) in [4.78, 5) is 18.2. The van der Waals surface area contributed by atoms with E-state index in [9.17, 15) is 4.79 Å². The van der Waals surface area contributed by atoms with Crippen LogP contribution in [0.3, 0.4) is 0 Å². The maximum absolute atomic E-state index is 12.1. The second-order valence-corrected chi connectivity index (χ2v) is 4.66. The van der Waals surface area contributed by atoms with E-state index < -0.39 is 0 Å². The summed E-state index contributed by atoms with van der Waals surface area (Å²) in [6, 6.07) is 0. The summed E-state index contributed by atoms with van der Waals surface area (Å²) in [5.74, 6) is 1.12. The smallest absolute Gasteiger partial charge is 0.275 e. The molecule has 0 bridgehead atoms. The SMILES string of the molecule is CNCc1nc(C(=O)N2CCCC(C)C2)co1. The van der Waals surface area contributed by atoms with Gasteiger partial charge >= 0.3 is 0 Å². The highest BCUT2D eigenvalue weighted by molar-refractivity contribution is 5.92. The monoisotopic (exact) mass is 237 g/mol. The van der Waals surface area contributed by atoms with Crippen LogP contribution in [0, 0.1) is 5.92 Å². The normalized spacial score (nSPS) is 20.6. The molecule has 1 atom stereocenters. The van der Waals surface area contributed by atoms with Gasteiger partial charge in [-0.3, -0.25) is 4.79 Å². The van der Waals surface area contributed by atoms with Crippen molar-refractivity contribution >= 4 is 5.91 Å². The Morgan fingerprint density at radius 2 is 2.53 bits per heavy atom. The summed E-state index contributed by atoms with van der Waals surface area (Å²) < 4.78 is 5.22. The molecule has 0 saturated carbocycles. The number of hydrogen-bond acceptors (Lipinski definition) is 4. The molecule has 1 unspecified atom stereocenters. The second-order valence-electron chi connectivity index (χ2n) is 4.66. The largest absolute Gasteiger partial charge is 0.447 e. The number of piperidine rings is 1. The van der Waals surface area contributed by atoms with Gasteiger partial charge in [-0.1, -0.05) is 6.92 Å². The zero-order valence-electron chi connectivity index (χ0n) is 10.4. The highest BCUT2D eigenvalue weighted by atomic mass is 16.3. The molecule has 1 amide bonds. The molecule has 1 aromatic rings. The number of rotatable bonds is 3. The molecular formula is C12H19N3O2. The molecule has 1 aliphatic rings. The minimum absolute atomic E-state index is 0.0114. The first-order valence-electron chi connectivity index (χ1n) is 6.09. The van der Waals surface area contributed by atoms with Gasteiger partial charge in [0.15, 0.2) is 5.69 Å². The van der Waals surface area contributed by atoms with Crippen LogP contribution in [0.5, 0.6) is 0 Å². The van der Waals surface area contributed by atoms with Crippen LogP contribution in [0.2, 0.25) is 0 Å². The zero-order valence-corrected chi connectivity index (χ0v) is 10.4. The lowest BCUT2D eigenvalue weighted by Crippen LogP contribution is -2.39. The van der Waals surface area contributed by atoms with Crippen LogP contribution in [0.1, 0.15) is 36.1 Å². The Morgan fingerprint density at radius 1 is 1.71 bits per heavy atom. The number of amides is 1. The van der Waals surface area contributed by atoms with Crippen LogP contribution in [-0.2, 0) is 6.54 Å². The van der Waals surface area contributed by atoms with Crippen molar-refractivity contribution in [1.29, 1.82) is 0 Å². The Hall–Kier alpha value is -1.36. The van der Waals surface area contributed by atoms with E-state index >= 15 is 0 Å². The predicted octanol–water partition coefficient (Wildman–Crippen LogP) is 1.27. The minimum Gasteiger partial charge on any atom is -0.447 e. The lowest BCUT2D eigenvalue weighted by atomic mass is 10.0. The highest BCUT2D eigenvalue weighted by Gasteiger charge is 2.24. The average Bonchev–Trinajstić information content (AvgIpc) is 2.77. The predicted molar refractivity (Wildman–Crippen MR) is 63.6 cm³/mol. The maximum Gasteiger partial charge on any atom is 0.275 e. The highest BCUT2D eigenvalue weighted by Crippen LogP contribution is 2.17. The lowest BCUT2D eigenvalue weighted by molar-refractivity contribution is 0.0677. The molecule has 0 radical (unpaired) electrons. The molecule has 1 N–H and O–H groups in total. The van der Waals surface area contributed by atoms with Gasteiger partial charge in [0.25, 0.3) is 5.91 Å². The Labute approximate surface area is 101 Å². The molecule has 5 nitrogen and oxygen atoms in total. The van der Waals surface area contributed by atoms with Gasteiger partial charge in [-0.15, -0.1) is 0 Å². The molecule has 2 rings (SSSR count). The first kappa shape index (κ1) is 12.1. The third-order valence-corrected chi connectivity index (χ3v) is 3.04. The quantitative estimate of drug-likeness (QED) is 0.860. The van der Waals surface area contributed by atoms with Gasteiger partial charge in [0.05, 0.1) is 6.54 Å². The number of carbonyl (C=O) groups excluding carboxylic acids is 1. The molecule has 1 saturated heterocycles. The van der Waals surface area contributed by atoms with Crippen molar-refractivity contribution in [3.8, 4) is 0 Å². The van der Waals surface area contributed by atoms with Crippen LogP contribution >= 0.6 is 0 Å². The lowest BCUT2D eigenvalue weighted by Gasteiger charge is -2.30. The Balaban J connectivity index is 2.02. The van der Waals surface area contributed by atoms with E-state index in [0.717, 1.165) is 19.5 Å². The van der Waals surface area contributed by atoms with Crippen molar-refractivity contribution in [3.63, 3.8) is 0 Å². The third-order valence-electron chi connectivity index (χ3n) is 3.04. The number of carbonyl (C=O) groups is 1. The number of aromatic nitrogens is 1. The number of hydrogen-bond donors (Lipinski definition) is 1. The van der Waals surface area contributed by atoms with E-state index in [1.165, 1.54) is 12.7 Å². The average molecular weight is 237 g/mol. The fourth-order valence-electron chi connectivity index (χ4n) is 2.18. The van der Waals surface area contributed by atoms with E-state index in [0.29, 0.717) is 24.0 Å². The number of nitrogens with zero attached hydrogens (tertiary/aromatic N) is 2. The molecule has 1 aromatic heterocycles. The van der Waals surface area contributed by atoms with E-state index in [4.69, 9.17) is 4.42 Å². The molecule has 5 heteroatoms. The number of likely N-dealkylation sites (tertiary alicyclic amines) is 1. The summed E-state index contributed by atoms with van der Waals surface area (Å²) in [5.41, 5.74) is 0.421. The number of oxazole rings is 1. The van der Waals surface area contributed by atoms with Crippen molar-refractivity contribution in [3.05, 3.63) is 17.8 Å². The summed E-state index contributed by atoms with van der Waals surface area (Å²) in [6.07, 6.45) is 3.73. The molecule has 2 heterocycles. The van der Waals surface area contributed by atoms with Gasteiger partial charge in [0, 0.05) is 13.1 Å². The van der Waals surface area contributed by atoms with E-state index in [-0.39, 0.29) is 5.91 Å². The minimum atomic E-state index is -0.0114. The van der Waals surface area contributed by atoms with Crippen molar-refractivity contribution in [1.82, 2.24) is 15.2 Å². The summed E-state index contributed by atoms with van der Waals surface area (Å²) in [6.45, 7) is 4.38. The van der Waals surface area contributed by atoms with Crippen LogP contribution < -0.4 is 5.32 Å². The fourth-order valence-corrected chi connectivity index (χ4v) is 2.18. The van der Waals surface area contributed by atoms with Gasteiger partial charge in [0.1, 0.15) is 6.26 Å². The van der Waals surface area contributed by atoms with E-state index in [2.05, 4.69) is 17.2 Å². The van der Waals surface area contributed by atoms with Crippen molar-refractivity contribution in [2.24, 2.45) is 5.92 Å². The first-order chi connectivity index (χ1) is 8.20. The standard InChI is InChI=1S/C12H19N3O2/c1-9-4-3-5-15(7-9)12(16)10-8-17-11(14-10)6-13-2/h8-9,13H,3-7H2,1-2H3. The van der Waals surface area contributed by atoms with Gasteiger partial charge in [-0.25, -0.2) is 4.98 Å². The molecule has 1 aliphatic heterocycles. The Kier molecular flexibility index (Phi) is 3.78. The molecule has 0 aromatic carbocycles. The zero-order chi connectivity index (χ0) is 12.3. The van der Waals surface area contributed by atoms with Crippen LogP contribution in [-0.4, -0.2) is 35.9 Å². The molecule has 17 heavy (non-hydrogen) atoms. The van der Waals surface area contributed by atoms with Gasteiger partial charge in [-0.2, -0.15) is 0 Å². The van der Waals surface area contributed by atoms with Gasteiger partial charge < -0.3 is 14.6 Å². The van der Waals surface area contributed by atoms with Crippen LogP contribution in [0.25, 0.3) is 0 Å². The summed E-state index contributed by atoms with van der Waals surface area (Å²) in [5, 5.41) is 2.94. The van der Waals surface area contributed by atoms with Crippen molar-refractivity contribution < 1.29 is 9.21 Å². The van der Waals surface area contributed by atoms with Crippen LogP contribution in [0.4, 0.5) is 0 Å². The summed E-state index contributed by atoms with van der Waals surface area (Å²) in [7, 11) is 1.82. The topological polar surface area (TPSA) is 58.4 Å². The Bertz CT molecular complexity index is 389. The van der Waals surface area contributed by atoms with E-state index in [1.54, 1.807) is 0 Å². The third kappa shape index (κ3) is 2.85. The first-order valence-corrected chi connectivity index (χ1v) is 6.09. The van der Waals surface area contributed by atoms with E-state index in [1.807, 2.05) is 11.9 Å². The van der Waals surface area contributed by atoms with Crippen molar-refractivity contribution in [2.75, 3.05) is 20.1 Å².